The van der Waals surface area contributed by atoms with Crippen molar-refractivity contribution in [3.05, 3.63) is 53.9 Å². The number of nitrogens with zero attached hydrogens (tertiary/aromatic N) is 1. The fourth-order valence-electron chi connectivity index (χ4n) is 1.33. The molecule has 0 bridgehead atoms. The Kier molecular flexibility index (Phi) is 2.44. The second kappa shape index (κ2) is 3.77. The number of aromatic nitrogens is 1. The van der Waals surface area contributed by atoms with E-state index in [1.807, 2.05) is 0 Å². The number of hydrogen-bond acceptors (Lipinski definition) is 1. The van der Waals surface area contributed by atoms with Gasteiger partial charge in [-0.1, -0.05) is 0 Å². The van der Waals surface area contributed by atoms with Crippen LogP contribution in [0.1, 0.15) is 10.4 Å². The van der Waals surface area contributed by atoms with Gasteiger partial charge in [0.2, 0.25) is 0 Å². The first kappa shape index (κ1) is 10.4. The monoisotopic (exact) mass is 223 g/mol. The van der Waals surface area contributed by atoms with Gasteiger partial charge in [0.25, 0.3) is 0 Å². The Hall–Kier alpha value is -2.17. The minimum absolute atomic E-state index is 0.0877. The minimum atomic E-state index is -1.07. The molecule has 0 unspecified atom stereocenters. The highest BCUT2D eigenvalue weighted by molar-refractivity contribution is 5.87. The number of halogens is 2. The first-order chi connectivity index (χ1) is 7.58. The molecule has 0 spiro atoms. The number of carbonyl (C=O) groups is 1. The van der Waals surface area contributed by atoms with Crippen LogP contribution in [0.25, 0.3) is 5.69 Å². The summed E-state index contributed by atoms with van der Waals surface area (Å²) in [5.41, 5.74) is 0.455. The highest BCUT2D eigenvalue weighted by atomic mass is 19.2. The molecule has 1 aromatic carbocycles. The molecule has 5 heteroatoms. The van der Waals surface area contributed by atoms with Crippen LogP contribution in [0.15, 0.2) is 36.7 Å². The molecule has 1 heterocycles. The Bertz CT molecular complexity index is 549. The Labute approximate surface area is 89.6 Å². The van der Waals surface area contributed by atoms with Crippen molar-refractivity contribution < 1.29 is 18.7 Å². The van der Waals surface area contributed by atoms with Gasteiger partial charge < -0.3 is 9.67 Å². The summed E-state index contributed by atoms with van der Waals surface area (Å²) in [4.78, 5) is 10.6. The molecule has 3 nitrogen and oxygen atoms in total. The van der Waals surface area contributed by atoms with Crippen molar-refractivity contribution >= 4 is 5.97 Å². The summed E-state index contributed by atoms with van der Waals surface area (Å²) in [7, 11) is 0. The Balaban J connectivity index is 2.42. The third kappa shape index (κ3) is 1.79. The first-order valence-corrected chi connectivity index (χ1v) is 4.44. The molecule has 82 valence electrons. The van der Waals surface area contributed by atoms with Crippen LogP contribution >= 0.6 is 0 Å². The summed E-state index contributed by atoms with van der Waals surface area (Å²) in [6.45, 7) is 0. The van der Waals surface area contributed by atoms with Gasteiger partial charge in [0.15, 0.2) is 11.6 Å². The number of carboxylic acid groups (broad SMARTS) is 1. The standard InChI is InChI=1S/C11H7F2NO2/c12-9-2-1-8(5-10(9)13)14-4-3-7(6-14)11(15)16/h1-6H,(H,15,16). The molecule has 0 aliphatic rings. The highest BCUT2D eigenvalue weighted by Crippen LogP contribution is 2.14. The van der Waals surface area contributed by atoms with E-state index in [-0.39, 0.29) is 5.56 Å². The highest BCUT2D eigenvalue weighted by Gasteiger charge is 2.07. The Morgan fingerprint density at radius 3 is 2.50 bits per heavy atom. The summed E-state index contributed by atoms with van der Waals surface area (Å²) in [5, 5.41) is 8.70. The zero-order valence-corrected chi connectivity index (χ0v) is 8.02. The van der Waals surface area contributed by atoms with E-state index in [0.717, 1.165) is 12.1 Å². The molecule has 0 saturated carbocycles. The number of benzene rings is 1. The average molecular weight is 223 g/mol. The lowest BCUT2D eigenvalue weighted by molar-refractivity contribution is 0.0697. The molecule has 16 heavy (non-hydrogen) atoms. The molecule has 0 fully saturated rings. The zero-order chi connectivity index (χ0) is 11.7. The van der Waals surface area contributed by atoms with E-state index in [9.17, 15) is 13.6 Å². The largest absolute Gasteiger partial charge is 0.478 e. The fraction of sp³-hybridized carbons (Fsp3) is 0. The summed E-state index contributed by atoms with van der Waals surface area (Å²) in [5.74, 6) is -2.97. The van der Waals surface area contributed by atoms with Gasteiger partial charge in [-0.05, 0) is 18.2 Å². The maximum absolute atomic E-state index is 12.9. The summed E-state index contributed by atoms with van der Waals surface area (Å²) in [6.07, 6.45) is 2.80. The van der Waals surface area contributed by atoms with Crippen LogP contribution in [0.3, 0.4) is 0 Å². The number of carboxylic acids is 1. The van der Waals surface area contributed by atoms with Crippen molar-refractivity contribution in [1.82, 2.24) is 4.57 Å². The van der Waals surface area contributed by atoms with Crippen molar-refractivity contribution in [1.29, 1.82) is 0 Å². The summed E-state index contributed by atoms with van der Waals surface area (Å²) in [6, 6.07) is 4.74. The molecule has 0 atom stereocenters. The third-order valence-corrected chi connectivity index (χ3v) is 2.14. The fourth-order valence-corrected chi connectivity index (χ4v) is 1.33. The van der Waals surface area contributed by atoms with E-state index >= 15 is 0 Å². The van der Waals surface area contributed by atoms with Crippen LogP contribution < -0.4 is 0 Å². The lowest BCUT2D eigenvalue weighted by Crippen LogP contribution is -1.95. The van der Waals surface area contributed by atoms with E-state index < -0.39 is 17.6 Å². The van der Waals surface area contributed by atoms with Gasteiger partial charge in [0.1, 0.15) is 0 Å². The van der Waals surface area contributed by atoms with Crippen LogP contribution in [0.2, 0.25) is 0 Å². The van der Waals surface area contributed by atoms with Crippen molar-refractivity contribution in [2.75, 3.05) is 0 Å². The van der Waals surface area contributed by atoms with Gasteiger partial charge in [0, 0.05) is 24.1 Å². The Morgan fingerprint density at radius 2 is 1.94 bits per heavy atom. The minimum Gasteiger partial charge on any atom is -0.478 e. The van der Waals surface area contributed by atoms with Crippen LogP contribution in [0, 0.1) is 11.6 Å². The zero-order valence-electron chi connectivity index (χ0n) is 8.02. The second-order valence-corrected chi connectivity index (χ2v) is 3.21. The molecule has 0 aliphatic heterocycles. The third-order valence-electron chi connectivity index (χ3n) is 2.14. The van der Waals surface area contributed by atoms with Crippen molar-refractivity contribution in [2.24, 2.45) is 0 Å². The van der Waals surface area contributed by atoms with Crippen LogP contribution in [-0.4, -0.2) is 15.6 Å². The van der Waals surface area contributed by atoms with Crippen LogP contribution in [0.5, 0.6) is 0 Å². The summed E-state index contributed by atoms with van der Waals surface area (Å²) >= 11 is 0. The molecule has 0 radical (unpaired) electrons. The van der Waals surface area contributed by atoms with Gasteiger partial charge in [-0.2, -0.15) is 0 Å². The number of hydrogen-bond donors (Lipinski definition) is 1. The first-order valence-electron chi connectivity index (χ1n) is 4.44. The summed E-state index contributed by atoms with van der Waals surface area (Å²) < 4.78 is 27.0. The lowest BCUT2D eigenvalue weighted by Gasteiger charge is -2.02. The molecular formula is C11H7F2NO2. The molecular weight excluding hydrogens is 216 g/mol. The molecule has 2 rings (SSSR count). The van der Waals surface area contributed by atoms with Crippen molar-refractivity contribution in [2.45, 2.75) is 0 Å². The maximum Gasteiger partial charge on any atom is 0.337 e. The quantitative estimate of drug-likeness (QED) is 0.849. The molecule has 0 aliphatic carbocycles. The molecule has 1 aromatic heterocycles. The normalized spacial score (nSPS) is 10.4. The lowest BCUT2D eigenvalue weighted by atomic mass is 10.3. The molecule has 0 saturated heterocycles. The number of aromatic carboxylic acids is 1. The van der Waals surface area contributed by atoms with E-state index in [0.29, 0.717) is 5.69 Å². The van der Waals surface area contributed by atoms with Gasteiger partial charge in [-0.15, -0.1) is 0 Å². The second-order valence-electron chi connectivity index (χ2n) is 3.21. The van der Waals surface area contributed by atoms with Gasteiger partial charge in [-0.3, -0.25) is 0 Å². The van der Waals surface area contributed by atoms with Gasteiger partial charge in [0.05, 0.1) is 5.56 Å². The van der Waals surface area contributed by atoms with Gasteiger partial charge >= 0.3 is 5.97 Å². The van der Waals surface area contributed by atoms with Crippen LogP contribution in [0.4, 0.5) is 8.78 Å². The smallest absolute Gasteiger partial charge is 0.337 e. The average Bonchev–Trinajstić information content (AvgIpc) is 2.71. The molecule has 0 amide bonds. The Morgan fingerprint density at radius 1 is 1.19 bits per heavy atom. The van der Waals surface area contributed by atoms with E-state index in [1.54, 1.807) is 0 Å². The predicted molar refractivity (Wildman–Crippen MR) is 52.6 cm³/mol. The molecule has 1 N–H and O–H groups in total. The van der Waals surface area contributed by atoms with Gasteiger partial charge in [-0.25, -0.2) is 13.6 Å². The topological polar surface area (TPSA) is 42.2 Å². The molecule has 2 aromatic rings. The SMILES string of the molecule is O=C(O)c1ccn(-c2ccc(F)c(F)c2)c1. The van der Waals surface area contributed by atoms with Crippen molar-refractivity contribution in [3.8, 4) is 5.69 Å². The van der Waals surface area contributed by atoms with Crippen molar-refractivity contribution in [3.63, 3.8) is 0 Å². The van der Waals surface area contributed by atoms with Crippen LogP contribution in [-0.2, 0) is 0 Å². The van der Waals surface area contributed by atoms with E-state index in [4.69, 9.17) is 5.11 Å². The maximum atomic E-state index is 12.9. The van der Waals surface area contributed by atoms with E-state index in [1.165, 1.54) is 29.1 Å². The number of rotatable bonds is 2. The van der Waals surface area contributed by atoms with E-state index in [2.05, 4.69) is 0 Å². The predicted octanol–water partition coefficient (Wildman–Crippen LogP) is 2.45.